The van der Waals surface area contributed by atoms with Gasteiger partial charge in [0.1, 0.15) is 29.9 Å². The van der Waals surface area contributed by atoms with Gasteiger partial charge in [0.2, 0.25) is 35.4 Å². The molecule has 5 atom stereocenters. The Labute approximate surface area is 299 Å². The minimum absolute atomic E-state index is 0.0252. The number of phenols is 1. The molecule has 0 unspecified atom stereocenters. The largest absolute Gasteiger partial charge is 0.508 e. The summed E-state index contributed by atoms with van der Waals surface area (Å²) in [5, 5.41) is 29.0. The van der Waals surface area contributed by atoms with Crippen molar-refractivity contribution in [2.24, 2.45) is 17.2 Å². The molecule has 0 heterocycles. The molecule has 276 valence electrons. The van der Waals surface area contributed by atoms with Crippen LogP contribution >= 0.6 is 0 Å². The van der Waals surface area contributed by atoms with Crippen molar-refractivity contribution in [3.63, 3.8) is 0 Å². The average Bonchev–Trinajstić information content (AvgIpc) is 3.10. The van der Waals surface area contributed by atoms with E-state index >= 15 is 0 Å². The third kappa shape index (κ3) is 13.5. The van der Waals surface area contributed by atoms with Gasteiger partial charge in [-0.2, -0.15) is 0 Å². The maximum absolute atomic E-state index is 13.7. The molecule has 0 aliphatic heterocycles. The predicted molar refractivity (Wildman–Crippen MR) is 188 cm³/mol. The number of primary amides is 2. The number of aromatic hydroxyl groups is 1. The molecule has 12 N–H and O–H groups in total. The lowest BCUT2D eigenvalue weighted by Gasteiger charge is -2.26. The Bertz CT molecular complexity index is 1710. The van der Waals surface area contributed by atoms with Crippen molar-refractivity contribution in [3.05, 3.63) is 102 Å². The van der Waals surface area contributed by atoms with Crippen LogP contribution in [0.2, 0.25) is 0 Å². The molecule has 0 saturated carbocycles. The lowest BCUT2D eigenvalue weighted by Crippen LogP contribution is -2.59. The molecule has 3 aromatic carbocycles. The number of carboxylic acids is 1. The van der Waals surface area contributed by atoms with Crippen LogP contribution in [0.25, 0.3) is 0 Å². The topological polar surface area (TPSA) is 286 Å². The van der Waals surface area contributed by atoms with Crippen LogP contribution in [-0.4, -0.2) is 81.8 Å². The average molecular weight is 718 g/mol. The van der Waals surface area contributed by atoms with E-state index in [4.69, 9.17) is 17.2 Å². The smallest absolute Gasteiger partial charge is 0.326 e. The summed E-state index contributed by atoms with van der Waals surface area (Å²) in [7, 11) is 0. The number of amides is 6. The molecule has 0 aliphatic carbocycles. The number of carbonyl (C=O) groups is 7. The van der Waals surface area contributed by atoms with Crippen molar-refractivity contribution in [2.45, 2.75) is 68.7 Å². The van der Waals surface area contributed by atoms with Crippen molar-refractivity contribution in [3.8, 4) is 5.75 Å². The van der Waals surface area contributed by atoms with Crippen molar-refractivity contribution >= 4 is 41.4 Å². The molecule has 16 nitrogen and oxygen atoms in total. The highest BCUT2D eigenvalue weighted by Gasteiger charge is 2.33. The fraction of sp³-hybridized carbons (Fsp3) is 0.306. The Balaban J connectivity index is 1.80. The Morgan fingerprint density at radius 1 is 0.538 bits per heavy atom. The SMILES string of the molecule is NC(=O)CC[C@H](NC(=O)[C@H](CC(N)=O)NC(=O)[C@@H](Cc1ccccc1)NC(=O)[C@@H](N)Cc1ccccc1)C(=O)N[C@@H](Cc1ccc(O)cc1)C(=O)O. The van der Waals surface area contributed by atoms with Gasteiger partial charge in [-0.25, -0.2) is 4.79 Å². The maximum atomic E-state index is 13.7. The lowest BCUT2D eigenvalue weighted by atomic mass is 10.0. The molecule has 6 amide bonds. The molecule has 0 saturated heterocycles. The standard InChI is InChI=1S/C36H43N7O9/c37-25(17-21-7-3-1-4-8-21)32(47)41-27(18-22-9-5-2-6-10-22)34(49)42-28(20-31(39)46)35(50)40-26(15-16-30(38)45)33(48)43-29(36(51)52)19-23-11-13-24(44)14-12-23/h1-14,25-29,44H,15-20,37H2,(H2,38,45)(H2,39,46)(H,40,50)(H,41,47)(H,42,49)(H,43,48)(H,51,52)/t25-,26-,27+,28-,29-/m0/s1. The number of carbonyl (C=O) groups excluding carboxylic acids is 6. The van der Waals surface area contributed by atoms with Crippen LogP contribution in [0.3, 0.4) is 0 Å². The van der Waals surface area contributed by atoms with E-state index in [-0.39, 0.29) is 31.4 Å². The number of nitrogens with two attached hydrogens (primary N) is 3. The molecule has 16 heteroatoms. The Kier molecular flexibility index (Phi) is 15.3. The summed E-state index contributed by atoms with van der Waals surface area (Å²) < 4.78 is 0. The molecule has 0 bridgehead atoms. The number of aliphatic carboxylic acids is 1. The summed E-state index contributed by atoms with van der Waals surface area (Å²) in [6.45, 7) is 0. The van der Waals surface area contributed by atoms with Crippen LogP contribution in [0.4, 0.5) is 0 Å². The van der Waals surface area contributed by atoms with Gasteiger partial charge in [0.05, 0.1) is 12.5 Å². The molecule has 0 spiro atoms. The van der Waals surface area contributed by atoms with Crippen LogP contribution in [0.15, 0.2) is 84.9 Å². The van der Waals surface area contributed by atoms with Gasteiger partial charge in [-0.1, -0.05) is 72.8 Å². The number of hydrogen-bond acceptors (Lipinski definition) is 9. The van der Waals surface area contributed by atoms with Gasteiger partial charge in [0.15, 0.2) is 0 Å². The predicted octanol–water partition coefficient (Wildman–Crippen LogP) is -1.09. The second kappa shape index (κ2) is 19.8. The van der Waals surface area contributed by atoms with Gasteiger partial charge in [0.25, 0.3) is 0 Å². The molecule has 0 fully saturated rings. The van der Waals surface area contributed by atoms with Crippen molar-refractivity contribution < 1.29 is 43.8 Å². The first-order valence-corrected chi connectivity index (χ1v) is 16.3. The van der Waals surface area contributed by atoms with E-state index in [1.807, 2.05) is 6.07 Å². The van der Waals surface area contributed by atoms with Gasteiger partial charge >= 0.3 is 5.97 Å². The van der Waals surface area contributed by atoms with E-state index in [9.17, 15) is 43.8 Å². The highest BCUT2D eigenvalue weighted by atomic mass is 16.4. The van der Waals surface area contributed by atoms with E-state index in [0.717, 1.165) is 5.56 Å². The Hall–Kier alpha value is -6.29. The van der Waals surface area contributed by atoms with E-state index in [2.05, 4.69) is 21.3 Å². The molecule has 0 radical (unpaired) electrons. The third-order valence-corrected chi connectivity index (χ3v) is 7.89. The fourth-order valence-electron chi connectivity index (χ4n) is 5.15. The number of phenolic OH excluding ortho intramolecular Hbond substituents is 1. The number of benzene rings is 3. The van der Waals surface area contributed by atoms with Gasteiger partial charge in [0, 0.05) is 19.3 Å². The summed E-state index contributed by atoms with van der Waals surface area (Å²) in [4.78, 5) is 89.4. The highest BCUT2D eigenvalue weighted by Crippen LogP contribution is 2.12. The van der Waals surface area contributed by atoms with Gasteiger partial charge < -0.3 is 48.7 Å². The minimum atomic E-state index is -1.66. The zero-order valence-electron chi connectivity index (χ0n) is 28.2. The molecular formula is C36H43N7O9. The Morgan fingerprint density at radius 2 is 0.981 bits per heavy atom. The normalized spacial score (nSPS) is 13.6. The number of hydrogen-bond donors (Lipinski definition) is 9. The molecule has 52 heavy (non-hydrogen) atoms. The first kappa shape index (κ1) is 40.1. The van der Waals surface area contributed by atoms with E-state index in [1.54, 1.807) is 54.6 Å². The van der Waals surface area contributed by atoms with E-state index in [0.29, 0.717) is 11.1 Å². The minimum Gasteiger partial charge on any atom is -0.508 e. The summed E-state index contributed by atoms with van der Waals surface area (Å²) in [5.74, 6) is -6.85. The maximum Gasteiger partial charge on any atom is 0.326 e. The van der Waals surface area contributed by atoms with Crippen LogP contribution in [0, 0.1) is 0 Å². The fourth-order valence-corrected chi connectivity index (χ4v) is 5.15. The van der Waals surface area contributed by atoms with Crippen LogP contribution in [0.5, 0.6) is 5.75 Å². The second-order valence-electron chi connectivity index (χ2n) is 12.1. The summed E-state index contributed by atoms with van der Waals surface area (Å²) in [6, 6.07) is 16.3. The van der Waals surface area contributed by atoms with Crippen LogP contribution in [0.1, 0.15) is 36.0 Å². The highest BCUT2D eigenvalue weighted by molar-refractivity contribution is 5.97. The Morgan fingerprint density at radius 3 is 1.52 bits per heavy atom. The first-order chi connectivity index (χ1) is 24.7. The molecular weight excluding hydrogens is 674 g/mol. The van der Waals surface area contributed by atoms with Gasteiger partial charge in [-0.05, 0) is 41.7 Å². The lowest BCUT2D eigenvalue weighted by molar-refractivity contribution is -0.142. The van der Waals surface area contributed by atoms with Gasteiger partial charge in [-0.3, -0.25) is 28.8 Å². The number of carboxylic acid groups (broad SMARTS) is 1. The first-order valence-electron chi connectivity index (χ1n) is 16.3. The number of rotatable bonds is 20. The van der Waals surface area contributed by atoms with Crippen LogP contribution < -0.4 is 38.5 Å². The van der Waals surface area contributed by atoms with Crippen LogP contribution in [-0.2, 0) is 52.8 Å². The molecule has 3 aromatic rings. The van der Waals surface area contributed by atoms with Crippen molar-refractivity contribution in [2.75, 3.05) is 0 Å². The molecule has 3 rings (SSSR count). The van der Waals surface area contributed by atoms with Crippen molar-refractivity contribution in [1.29, 1.82) is 0 Å². The summed E-state index contributed by atoms with van der Waals surface area (Å²) in [6.07, 6.45) is -1.52. The van der Waals surface area contributed by atoms with Crippen molar-refractivity contribution in [1.82, 2.24) is 21.3 Å². The molecule has 0 aromatic heterocycles. The van der Waals surface area contributed by atoms with E-state index in [1.165, 1.54) is 24.3 Å². The second-order valence-corrected chi connectivity index (χ2v) is 12.1. The summed E-state index contributed by atoms with van der Waals surface area (Å²) >= 11 is 0. The molecule has 0 aliphatic rings. The zero-order chi connectivity index (χ0) is 38.2. The zero-order valence-corrected chi connectivity index (χ0v) is 28.2. The quantitative estimate of drug-likeness (QED) is 0.0681. The van der Waals surface area contributed by atoms with Gasteiger partial charge in [-0.15, -0.1) is 0 Å². The summed E-state index contributed by atoms with van der Waals surface area (Å²) in [5.41, 5.74) is 18.7. The van der Waals surface area contributed by atoms with E-state index < -0.39 is 84.5 Å². The number of nitrogens with one attached hydrogen (secondary N) is 4. The monoisotopic (exact) mass is 717 g/mol. The third-order valence-electron chi connectivity index (χ3n) is 7.89.